The molecule has 1 N–H and O–H groups in total. The molecule has 1 heterocycles. The summed E-state index contributed by atoms with van der Waals surface area (Å²) in [6.45, 7) is 4.05. The largest absolute Gasteiger partial charge is 0.374 e. The number of nitrogens with zero attached hydrogens (tertiary/aromatic N) is 1. The van der Waals surface area contributed by atoms with Crippen molar-refractivity contribution < 1.29 is 13.5 Å². The Bertz CT molecular complexity index is 465. The van der Waals surface area contributed by atoms with Gasteiger partial charge in [-0.2, -0.15) is 0 Å². The number of hydrogen-bond donors (Lipinski definition) is 1. The molecule has 1 atom stereocenters. The monoisotopic (exact) mass is 282 g/mol. The molecule has 0 bridgehead atoms. The van der Waals surface area contributed by atoms with Gasteiger partial charge in [-0.3, -0.25) is 4.90 Å². The predicted molar refractivity (Wildman–Crippen MR) is 72.4 cm³/mol. The summed E-state index contributed by atoms with van der Waals surface area (Å²) in [6.07, 6.45) is 2.82. The molecule has 1 saturated carbocycles. The summed E-state index contributed by atoms with van der Waals surface area (Å²) in [4.78, 5) is 2.49. The van der Waals surface area contributed by atoms with Gasteiger partial charge in [-0.15, -0.1) is 0 Å². The van der Waals surface area contributed by atoms with Crippen LogP contribution in [0.15, 0.2) is 18.2 Å². The van der Waals surface area contributed by atoms with Crippen molar-refractivity contribution in [3.05, 3.63) is 35.4 Å². The molecule has 3 rings (SSSR count). The number of halogens is 2. The number of nitrogens with one attached hydrogen (secondary N) is 1. The van der Waals surface area contributed by atoms with Crippen LogP contribution in [0.25, 0.3) is 0 Å². The normalized spacial score (nSPS) is 24.0. The minimum absolute atomic E-state index is 0.189. The Balaban J connectivity index is 1.43. The first-order chi connectivity index (χ1) is 9.72. The molecule has 1 saturated heterocycles. The molecule has 1 aliphatic heterocycles. The maximum Gasteiger partial charge on any atom is 0.159 e. The van der Waals surface area contributed by atoms with Gasteiger partial charge in [0.2, 0.25) is 0 Å². The topological polar surface area (TPSA) is 24.5 Å². The number of hydrogen-bond acceptors (Lipinski definition) is 3. The van der Waals surface area contributed by atoms with Gasteiger partial charge < -0.3 is 10.1 Å². The molecule has 0 radical (unpaired) electrons. The quantitative estimate of drug-likeness (QED) is 0.893. The van der Waals surface area contributed by atoms with E-state index >= 15 is 0 Å². The van der Waals surface area contributed by atoms with Crippen molar-refractivity contribution in [1.82, 2.24) is 10.2 Å². The maximum absolute atomic E-state index is 13.1. The molecule has 20 heavy (non-hydrogen) atoms. The van der Waals surface area contributed by atoms with Crippen LogP contribution in [-0.4, -0.2) is 43.3 Å². The van der Waals surface area contributed by atoms with Crippen LogP contribution in [0.2, 0.25) is 0 Å². The summed E-state index contributed by atoms with van der Waals surface area (Å²) in [5.41, 5.74) is 0.749. The van der Waals surface area contributed by atoms with Crippen LogP contribution in [0.5, 0.6) is 0 Å². The summed E-state index contributed by atoms with van der Waals surface area (Å²) < 4.78 is 31.6. The first-order valence-corrected chi connectivity index (χ1v) is 7.22. The molecule has 0 unspecified atom stereocenters. The van der Waals surface area contributed by atoms with Crippen LogP contribution in [0, 0.1) is 11.6 Å². The molecule has 110 valence electrons. The molecule has 0 amide bonds. The van der Waals surface area contributed by atoms with E-state index in [2.05, 4.69) is 10.2 Å². The molecule has 0 spiro atoms. The Hall–Kier alpha value is -1.04. The van der Waals surface area contributed by atoms with Gasteiger partial charge in [-0.25, -0.2) is 8.78 Å². The lowest BCUT2D eigenvalue weighted by atomic mass is 10.2. The van der Waals surface area contributed by atoms with Crippen molar-refractivity contribution in [2.45, 2.75) is 31.5 Å². The van der Waals surface area contributed by atoms with Gasteiger partial charge in [0.15, 0.2) is 11.6 Å². The van der Waals surface area contributed by atoms with Crippen LogP contribution in [0.4, 0.5) is 8.78 Å². The van der Waals surface area contributed by atoms with Crippen molar-refractivity contribution in [3.8, 4) is 0 Å². The van der Waals surface area contributed by atoms with Crippen molar-refractivity contribution >= 4 is 0 Å². The molecule has 2 aliphatic rings. The molecule has 0 aromatic heterocycles. The van der Waals surface area contributed by atoms with E-state index in [0.29, 0.717) is 6.54 Å². The highest BCUT2D eigenvalue weighted by Gasteiger charge is 2.32. The van der Waals surface area contributed by atoms with Crippen LogP contribution < -0.4 is 5.32 Å². The van der Waals surface area contributed by atoms with Gasteiger partial charge in [0.25, 0.3) is 0 Å². The molecule has 1 aromatic rings. The maximum atomic E-state index is 13.1. The first-order valence-electron chi connectivity index (χ1n) is 7.22. The minimum atomic E-state index is -0.801. The molecule has 1 aromatic carbocycles. The summed E-state index contributed by atoms with van der Waals surface area (Å²) in [5.74, 6) is -1.59. The molecule has 1 aliphatic carbocycles. The zero-order valence-corrected chi connectivity index (χ0v) is 11.4. The van der Waals surface area contributed by atoms with Crippen molar-refractivity contribution in [2.75, 3.05) is 26.2 Å². The molecule has 3 nitrogen and oxygen atoms in total. The van der Waals surface area contributed by atoms with Gasteiger partial charge >= 0.3 is 0 Å². The molecular formula is C15H20F2N2O. The van der Waals surface area contributed by atoms with Crippen LogP contribution >= 0.6 is 0 Å². The summed E-state index contributed by atoms with van der Waals surface area (Å²) in [7, 11) is 0. The average molecular weight is 282 g/mol. The fourth-order valence-electron chi connectivity index (χ4n) is 2.66. The van der Waals surface area contributed by atoms with Crippen LogP contribution in [-0.2, 0) is 11.3 Å². The van der Waals surface area contributed by atoms with E-state index in [1.807, 2.05) is 0 Å². The van der Waals surface area contributed by atoms with Gasteiger partial charge in [0.1, 0.15) is 0 Å². The minimum Gasteiger partial charge on any atom is -0.374 e. The van der Waals surface area contributed by atoms with Crippen LogP contribution in [0.1, 0.15) is 18.4 Å². The van der Waals surface area contributed by atoms with Gasteiger partial charge in [-0.1, -0.05) is 6.07 Å². The summed E-state index contributed by atoms with van der Waals surface area (Å²) in [6, 6.07) is 4.77. The average Bonchev–Trinajstić information content (AvgIpc) is 3.28. The van der Waals surface area contributed by atoms with Crippen molar-refractivity contribution in [2.24, 2.45) is 0 Å². The van der Waals surface area contributed by atoms with Gasteiger partial charge in [0.05, 0.1) is 12.7 Å². The second kappa shape index (κ2) is 6.16. The highest BCUT2D eigenvalue weighted by atomic mass is 19.2. The van der Waals surface area contributed by atoms with Crippen LogP contribution in [0.3, 0.4) is 0 Å². The number of ether oxygens (including phenoxy) is 1. The zero-order valence-electron chi connectivity index (χ0n) is 11.4. The van der Waals surface area contributed by atoms with Crippen molar-refractivity contribution in [1.29, 1.82) is 0 Å². The first kappa shape index (κ1) is 13.9. The zero-order chi connectivity index (χ0) is 13.9. The van der Waals surface area contributed by atoms with E-state index in [-0.39, 0.29) is 6.10 Å². The van der Waals surface area contributed by atoms with Gasteiger partial charge in [0, 0.05) is 32.2 Å². The van der Waals surface area contributed by atoms with E-state index in [9.17, 15) is 8.78 Å². The third-order valence-corrected chi connectivity index (χ3v) is 3.92. The lowest BCUT2D eigenvalue weighted by Crippen LogP contribution is -2.47. The Morgan fingerprint density at radius 1 is 1.25 bits per heavy atom. The Labute approximate surface area is 117 Å². The highest BCUT2D eigenvalue weighted by Crippen LogP contribution is 2.28. The Morgan fingerprint density at radius 2 is 2.10 bits per heavy atom. The van der Waals surface area contributed by atoms with E-state index in [1.54, 1.807) is 6.07 Å². The lowest BCUT2D eigenvalue weighted by molar-refractivity contribution is -0.0301. The van der Waals surface area contributed by atoms with E-state index in [4.69, 9.17) is 4.74 Å². The number of benzene rings is 1. The number of morpholine rings is 1. The fraction of sp³-hybridized carbons (Fsp3) is 0.600. The summed E-state index contributed by atoms with van der Waals surface area (Å²) in [5, 5.41) is 3.26. The third kappa shape index (κ3) is 3.53. The van der Waals surface area contributed by atoms with E-state index < -0.39 is 11.6 Å². The Kier molecular flexibility index (Phi) is 4.29. The second-order valence-electron chi connectivity index (χ2n) is 5.60. The number of rotatable bonds is 5. The van der Waals surface area contributed by atoms with E-state index in [0.717, 1.165) is 43.9 Å². The molecule has 5 heteroatoms. The lowest BCUT2D eigenvalue weighted by Gasteiger charge is -2.33. The second-order valence-corrected chi connectivity index (χ2v) is 5.60. The van der Waals surface area contributed by atoms with E-state index in [1.165, 1.54) is 18.9 Å². The predicted octanol–water partition coefficient (Wildman–Crippen LogP) is 1.92. The SMILES string of the molecule is Fc1ccc(CNC[C@@H]2CN(C3CC3)CCO2)cc1F. The molecular weight excluding hydrogens is 262 g/mol. The third-order valence-electron chi connectivity index (χ3n) is 3.92. The summed E-state index contributed by atoms with van der Waals surface area (Å²) >= 11 is 0. The smallest absolute Gasteiger partial charge is 0.159 e. The molecule has 2 fully saturated rings. The fourth-order valence-corrected chi connectivity index (χ4v) is 2.66. The van der Waals surface area contributed by atoms with Gasteiger partial charge in [-0.05, 0) is 30.5 Å². The Morgan fingerprint density at radius 3 is 2.85 bits per heavy atom. The van der Waals surface area contributed by atoms with Crippen molar-refractivity contribution in [3.63, 3.8) is 0 Å². The highest BCUT2D eigenvalue weighted by molar-refractivity contribution is 5.17. The standard InChI is InChI=1S/C15H20F2N2O/c16-14-4-1-11(7-15(14)17)8-18-9-13-10-19(5-6-20-13)12-2-3-12/h1,4,7,12-13,18H,2-3,5-6,8-10H2/t13-/m1/s1.